The molecule has 1 aromatic rings. The van der Waals surface area contributed by atoms with E-state index in [-0.39, 0.29) is 24.5 Å². The van der Waals surface area contributed by atoms with E-state index in [0.717, 1.165) is 5.56 Å². The highest BCUT2D eigenvalue weighted by atomic mass is 35.5. The molecule has 0 aromatic heterocycles. The third-order valence-corrected chi connectivity index (χ3v) is 3.02. The average Bonchev–Trinajstić information content (AvgIpc) is 2.26. The number of hydrogen-bond donors (Lipinski definition) is 2. The molecular weight excluding hydrogens is 238 g/mol. The minimum atomic E-state index is -0.164. The number of amides is 1. The second-order valence-electron chi connectivity index (χ2n) is 4.44. The fourth-order valence-electron chi connectivity index (χ4n) is 1.46. The molecule has 0 bridgehead atoms. The summed E-state index contributed by atoms with van der Waals surface area (Å²) in [6.45, 7) is 5.70. The molecule has 1 rings (SSSR count). The third-order valence-electron chi connectivity index (χ3n) is 2.80. The Morgan fingerprint density at radius 2 is 2.06 bits per heavy atom. The van der Waals surface area contributed by atoms with Crippen molar-refractivity contribution in [3.05, 3.63) is 34.3 Å². The van der Waals surface area contributed by atoms with E-state index in [0.29, 0.717) is 10.6 Å². The number of nitrogens with one attached hydrogen (secondary N) is 1. The van der Waals surface area contributed by atoms with Crippen LogP contribution < -0.4 is 5.32 Å². The predicted octanol–water partition coefficient (Wildman–Crippen LogP) is 2.40. The molecule has 1 aromatic carbocycles. The maximum atomic E-state index is 11.9. The van der Waals surface area contributed by atoms with E-state index in [1.54, 1.807) is 18.2 Å². The lowest BCUT2D eigenvalue weighted by atomic mass is 10.0. The zero-order chi connectivity index (χ0) is 13.0. The number of hydrogen-bond acceptors (Lipinski definition) is 2. The van der Waals surface area contributed by atoms with E-state index in [1.165, 1.54) is 0 Å². The Morgan fingerprint density at radius 3 is 2.59 bits per heavy atom. The molecular formula is C13H18ClNO2. The van der Waals surface area contributed by atoms with Gasteiger partial charge in [-0.3, -0.25) is 4.79 Å². The van der Waals surface area contributed by atoms with Crippen molar-refractivity contribution >= 4 is 17.5 Å². The number of aliphatic hydroxyl groups excluding tert-OH is 1. The Morgan fingerprint density at radius 1 is 1.41 bits per heavy atom. The first-order valence-electron chi connectivity index (χ1n) is 5.63. The van der Waals surface area contributed by atoms with Crippen LogP contribution in [0.5, 0.6) is 0 Å². The molecule has 4 heteroatoms. The number of carbonyl (C=O) groups excluding carboxylic acids is 1. The van der Waals surface area contributed by atoms with Crippen LogP contribution in [0.15, 0.2) is 18.2 Å². The van der Waals surface area contributed by atoms with Crippen LogP contribution in [0.1, 0.15) is 29.8 Å². The van der Waals surface area contributed by atoms with Crippen LogP contribution in [0.4, 0.5) is 0 Å². The highest BCUT2D eigenvalue weighted by Crippen LogP contribution is 2.15. The molecule has 94 valence electrons. The summed E-state index contributed by atoms with van der Waals surface area (Å²) in [6.07, 6.45) is 0. The van der Waals surface area contributed by atoms with E-state index < -0.39 is 0 Å². The van der Waals surface area contributed by atoms with Crippen LogP contribution in [0, 0.1) is 12.8 Å². The molecule has 0 fully saturated rings. The molecule has 0 saturated carbocycles. The van der Waals surface area contributed by atoms with Crippen molar-refractivity contribution in [3.8, 4) is 0 Å². The van der Waals surface area contributed by atoms with E-state index >= 15 is 0 Å². The van der Waals surface area contributed by atoms with Gasteiger partial charge in [-0.15, -0.1) is 0 Å². The van der Waals surface area contributed by atoms with Gasteiger partial charge in [0, 0.05) is 23.2 Å². The van der Waals surface area contributed by atoms with Gasteiger partial charge in [-0.05, 0) is 43.5 Å². The summed E-state index contributed by atoms with van der Waals surface area (Å²) in [7, 11) is 0. The van der Waals surface area contributed by atoms with Gasteiger partial charge in [0.2, 0.25) is 0 Å². The van der Waals surface area contributed by atoms with Crippen LogP contribution in [0.25, 0.3) is 0 Å². The number of benzene rings is 1. The predicted molar refractivity (Wildman–Crippen MR) is 69.4 cm³/mol. The summed E-state index contributed by atoms with van der Waals surface area (Å²) < 4.78 is 0. The first-order valence-corrected chi connectivity index (χ1v) is 6.00. The number of rotatable bonds is 4. The molecule has 0 saturated heterocycles. The fourth-order valence-corrected chi connectivity index (χ4v) is 1.75. The highest BCUT2D eigenvalue weighted by molar-refractivity contribution is 6.31. The molecule has 0 aliphatic rings. The van der Waals surface area contributed by atoms with Crippen LogP contribution in [-0.2, 0) is 0 Å². The van der Waals surface area contributed by atoms with Crippen LogP contribution in [0.3, 0.4) is 0 Å². The Balaban J connectivity index is 2.76. The average molecular weight is 256 g/mol. The Bertz CT molecular complexity index is 386. The van der Waals surface area contributed by atoms with Gasteiger partial charge in [0.1, 0.15) is 0 Å². The Hall–Kier alpha value is -1.06. The van der Waals surface area contributed by atoms with Gasteiger partial charge in [0.05, 0.1) is 0 Å². The van der Waals surface area contributed by atoms with Gasteiger partial charge in [-0.1, -0.05) is 18.5 Å². The summed E-state index contributed by atoms with van der Waals surface area (Å²) in [6, 6.07) is 5.15. The van der Waals surface area contributed by atoms with Gasteiger partial charge in [0.15, 0.2) is 0 Å². The number of aryl methyl sites for hydroxylation is 1. The fraction of sp³-hybridized carbons (Fsp3) is 0.462. The van der Waals surface area contributed by atoms with Crippen molar-refractivity contribution in [2.24, 2.45) is 5.92 Å². The minimum Gasteiger partial charge on any atom is -0.396 e. The second kappa shape index (κ2) is 6.03. The molecule has 17 heavy (non-hydrogen) atoms. The molecule has 3 nitrogen and oxygen atoms in total. The van der Waals surface area contributed by atoms with Crippen LogP contribution in [-0.4, -0.2) is 23.7 Å². The third kappa shape index (κ3) is 4.02. The standard InChI is InChI=1S/C13H18ClNO2/c1-8-4-11(6-12(14)5-8)13(17)15-10(3)9(2)7-16/h4-6,9-10,16H,7H2,1-3H3,(H,15,17). The lowest BCUT2D eigenvalue weighted by Gasteiger charge is -2.19. The quantitative estimate of drug-likeness (QED) is 0.868. The first kappa shape index (κ1) is 14.0. The van der Waals surface area contributed by atoms with E-state index in [2.05, 4.69) is 5.32 Å². The second-order valence-corrected chi connectivity index (χ2v) is 4.88. The zero-order valence-electron chi connectivity index (χ0n) is 10.3. The van der Waals surface area contributed by atoms with E-state index in [4.69, 9.17) is 16.7 Å². The maximum absolute atomic E-state index is 11.9. The monoisotopic (exact) mass is 255 g/mol. The minimum absolute atomic E-state index is 0.0271. The van der Waals surface area contributed by atoms with Crippen LogP contribution >= 0.6 is 11.6 Å². The van der Waals surface area contributed by atoms with Gasteiger partial charge in [0.25, 0.3) is 5.91 Å². The molecule has 1 amide bonds. The highest BCUT2D eigenvalue weighted by Gasteiger charge is 2.15. The largest absolute Gasteiger partial charge is 0.396 e. The van der Waals surface area contributed by atoms with Crippen molar-refractivity contribution in [2.75, 3.05) is 6.61 Å². The van der Waals surface area contributed by atoms with Crippen molar-refractivity contribution < 1.29 is 9.90 Å². The van der Waals surface area contributed by atoms with Gasteiger partial charge in [-0.2, -0.15) is 0 Å². The van der Waals surface area contributed by atoms with Crippen molar-refractivity contribution in [2.45, 2.75) is 26.8 Å². The van der Waals surface area contributed by atoms with Gasteiger partial charge < -0.3 is 10.4 Å². The normalized spacial score (nSPS) is 14.2. The molecule has 0 spiro atoms. The molecule has 2 unspecified atom stereocenters. The number of carbonyl (C=O) groups is 1. The summed E-state index contributed by atoms with van der Waals surface area (Å²) in [5.41, 5.74) is 1.50. The maximum Gasteiger partial charge on any atom is 0.251 e. The first-order chi connectivity index (χ1) is 7.93. The summed E-state index contributed by atoms with van der Waals surface area (Å²) in [4.78, 5) is 11.9. The van der Waals surface area contributed by atoms with Crippen molar-refractivity contribution in [1.82, 2.24) is 5.32 Å². The topological polar surface area (TPSA) is 49.3 Å². The summed E-state index contributed by atoms with van der Waals surface area (Å²) >= 11 is 5.90. The number of halogens is 1. The summed E-state index contributed by atoms with van der Waals surface area (Å²) in [5, 5.41) is 12.4. The molecule has 0 heterocycles. The van der Waals surface area contributed by atoms with Crippen molar-refractivity contribution in [3.63, 3.8) is 0 Å². The smallest absolute Gasteiger partial charge is 0.251 e. The lowest BCUT2D eigenvalue weighted by molar-refractivity contribution is 0.0916. The van der Waals surface area contributed by atoms with E-state index in [9.17, 15) is 4.79 Å². The Labute approximate surface area is 107 Å². The van der Waals surface area contributed by atoms with Gasteiger partial charge >= 0.3 is 0 Å². The zero-order valence-corrected chi connectivity index (χ0v) is 11.1. The molecule has 0 aliphatic heterocycles. The SMILES string of the molecule is Cc1cc(Cl)cc(C(=O)NC(C)C(C)CO)c1. The molecule has 2 N–H and O–H groups in total. The lowest BCUT2D eigenvalue weighted by Crippen LogP contribution is -2.38. The summed E-state index contributed by atoms with van der Waals surface area (Å²) in [5.74, 6) is -0.136. The molecule has 2 atom stereocenters. The molecule has 0 aliphatic carbocycles. The van der Waals surface area contributed by atoms with Crippen LogP contribution in [0.2, 0.25) is 5.02 Å². The molecule has 0 radical (unpaired) electrons. The number of aliphatic hydroxyl groups is 1. The Kier molecular flexibility index (Phi) is 4.97. The van der Waals surface area contributed by atoms with Gasteiger partial charge in [-0.25, -0.2) is 0 Å². The van der Waals surface area contributed by atoms with E-state index in [1.807, 2.05) is 20.8 Å². The van der Waals surface area contributed by atoms with Crippen molar-refractivity contribution in [1.29, 1.82) is 0 Å².